The first-order chi connectivity index (χ1) is 6.56. The summed E-state index contributed by atoms with van der Waals surface area (Å²) in [6.45, 7) is 2.17. The van der Waals surface area contributed by atoms with Gasteiger partial charge in [0, 0.05) is 20.1 Å². The fraction of sp³-hybridized carbons (Fsp3) is 0.455. The molecule has 1 aromatic rings. The monoisotopic (exact) mass is 198 g/mol. The van der Waals surface area contributed by atoms with Crippen LogP contribution < -0.4 is 0 Å². The molecule has 78 valence electrons. The number of rotatable bonds is 4. The van der Waals surface area contributed by atoms with Crippen LogP contribution in [-0.2, 0) is 10.3 Å². The van der Waals surface area contributed by atoms with Crippen LogP contribution in [0.5, 0.6) is 0 Å². The van der Waals surface area contributed by atoms with E-state index >= 15 is 0 Å². The van der Waals surface area contributed by atoms with Crippen LogP contribution in [0.4, 0.5) is 4.39 Å². The third kappa shape index (κ3) is 2.79. The van der Waals surface area contributed by atoms with Crippen molar-refractivity contribution >= 4 is 0 Å². The normalized spacial score (nSPS) is 15.1. The number of hydrogen-bond acceptors (Lipinski definition) is 2. The summed E-state index contributed by atoms with van der Waals surface area (Å²) in [5.41, 5.74) is -0.250. The number of hydrogen-bond donors (Lipinski definition) is 1. The molecule has 1 aromatic carbocycles. The second-order valence-electron chi connectivity index (χ2n) is 3.52. The molecular weight excluding hydrogens is 183 g/mol. The second kappa shape index (κ2) is 4.53. The molecule has 14 heavy (non-hydrogen) atoms. The Balaban J connectivity index is 2.75. The first kappa shape index (κ1) is 11.1. The Kier molecular flexibility index (Phi) is 3.61. The number of benzene rings is 1. The molecule has 0 aliphatic rings. The van der Waals surface area contributed by atoms with Crippen molar-refractivity contribution in [3.8, 4) is 0 Å². The molecular formula is C11H15FO2. The van der Waals surface area contributed by atoms with Crippen LogP contribution in [0, 0.1) is 5.82 Å². The van der Waals surface area contributed by atoms with Gasteiger partial charge in [0.2, 0.25) is 0 Å². The highest BCUT2D eigenvalue weighted by atomic mass is 19.1. The summed E-state index contributed by atoms with van der Waals surface area (Å²) in [5, 5.41) is 10.0. The Morgan fingerprint density at radius 1 is 1.36 bits per heavy atom. The third-order valence-electron chi connectivity index (χ3n) is 2.26. The first-order valence-corrected chi connectivity index (χ1v) is 4.53. The Morgan fingerprint density at radius 3 is 2.43 bits per heavy atom. The number of ether oxygens (including phenoxy) is 1. The van der Waals surface area contributed by atoms with Crippen molar-refractivity contribution in [1.29, 1.82) is 0 Å². The van der Waals surface area contributed by atoms with Crippen molar-refractivity contribution in [2.75, 3.05) is 13.7 Å². The van der Waals surface area contributed by atoms with Crippen LogP contribution in [0.3, 0.4) is 0 Å². The molecule has 1 rings (SSSR count). The van der Waals surface area contributed by atoms with Crippen molar-refractivity contribution in [2.24, 2.45) is 0 Å². The lowest BCUT2D eigenvalue weighted by molar-refractivity contribution is 0.0210. The van der Waals surface area contributed by atoms with Gasteiger partial charge in [-0.2, -0.15) is 0 Å². The van der Waals surface area contributed by atoms with E-state index in [2.05, 4.69) is 0 Å². The van der Waals surface area contributed by atoms with Gasteiger partial charge in [-0.05, 0) is 24.6 Å². The molecule has 0 bridgehead atoms. The van der Waals surface area contributed by atoms with E-state index < -0.39 is 5.60 Å². The summed E-state index contributed by atoms with van der Waals surface area (Å²) in [7, 11) is 1.58. The summed E-state index contributed by atoms with van der Waals surface area (Å²) >= 11 is 0. The lowest BCUT2D eigenvalue weighted by atomic mass is 9.93. The lowest BCUT2D eigenvalue weighted by Crippen LogP contribution is -2.22. The zero-order valence-electron chi connectivity index (χ0n) is 8.46. The summed E-state index contributed by atoms with van der Waals surface area (Å²) in [6.07, 6.45) is 0.495. The number of halogens is 1. The summed E-state index contributed by atoms with van der Waals surface area (Å²) in [4.78, 5) is 0. The van der Waals surface area contributed by atoms with Crippen LogP contribution >= 0.6 is 0 Å². The number of methoxy groups -OCH3 is 1. The summed E-state index contributed by atoms with van der Waals surface area (Å²) in [5.74, 6) is -0.295. The second-order valence-corrected chi connectivity index (χ2v) is 3.52. The van der Waals surface area contributed by atoms with Gasteiger partial charge >= 0.3 is 0 Å². The van der Waals surface area contributed by atoms with E-state index in [1.807, 2.05) is 0 Å². The predicted molar refractivity (Wildman–Crippen MR) is 52.5 cm³/mol. The molecule has 0 spiro atoms. The van der Waals surface area contributed by atoms with Gasteiger partial charge < -0.3 is 9.84 Å². The van der Waals surface area contributed by atoms with Gasteiger partial charge in [-0.3, -0.25) is 0 Å². The van der Waals surface area contributed by atoms with Crippen molar-refractivity contribution in [3.05, 3.63) is 35.6 Å². The Morgan fingerprint density at radius 2 is 1.93 bits per heavy atom. The van der Waals surface area contributed by atoms with E-state index in [0.29, 0.717) is 18.6 Å². The summed E-state index contributed by atoms with van der Waals surface area (Å²) in [6, 6.07) is 5.86. The Labute approximate surface area is 83.3 Å². The average molecular weight is 198 g/mol. The van der Waals surface area contributed by atoms with Gasteiger partial charge in [0.1, 0.15) is 5.82 Å². The molecule has 0 aromatic heterocycles. The smallest absolute Gasteiger partial charge is 0.123 e. The minimum absolute atomic E-state index is 0.295. The molecule has 0 aliphatic heterocycles. The van der Waals surface area contributed by atoms with Gasteiger partial charge in [0.15, 0.2) is 0 Å². The van der Waals surface area contributed by atoms with E-state index in [1.54, 1.807) is 26.2 Å². The topological polar surface area (TPSA) is 29.5 Å². The molecule has 2 nitrogen and oxygen atoms in total. The largest absolute Gasteiger partial charge is 0.385 e. The highest BCUT2D eigenvalue weighted by Crippen LogP contribution is 2.24. The van der Waals surface area contributed by atoms with Gasteiger partial charge in [-0.15, -0.1) is 0 Å². The van der Waals surface area contributed by atoms with E-state index in [0.717, 1.165) is 0 Å². The van der Waals surface area contributed by atoms with E-state index in [1.165, 1.54) is 12.1 Å². The maximum absolute atomic E-state index is 12.6. The standard InChI is InChI=1S/C11H15FO2/c1-11(13,7-8-14-2)9-3-5-10(12)6-4-9/h3-6,13H,7-8H2,1-2H3. The molecule has 0 saturated heterocycles. The number of aliphatic hydroxyl groups is 1. The van der Waals surface area contributed by atoms with Gasteiger partial charge in [-0.25, -0.2) is 4.39 Å². The van der Waals surface area contributed by atoms with Crippen molar-refractivity contribution in [3.63, 3.8) is 0 Å². The highest BCUT2D eigenvalue weighted by molar-refractivity contribution is 5.22. The molecule has 3 heteroatoms. The third-order valence-corrected chi connectivity index (χ3v) is 2.26. The van der Waals surface area contributed by atoms with Crippen molar-refractivity contribution in [1.82, 2.24) is 0 Å². The summed E-state index contributed by atoms with van der Waals surface area (Å²) < 4.78 is 17.5. The zero-order valence-corrected chi connectivity index (χ0v) is 8.46. The fourth-order valence-electron chi connectivity index (χ4n) is 1.25. The maximum Gasteiger partial charge on any atom is 0.123 e. The maximum atomic E-state index is 12.6. The van der Waals surface area contributed by atoms with Crippen molar-refractivity contribution < 1.29 is 14.2 Å². The SMILES string of the molecule is COCCC(C)(O)c1ccc(F)cc1. The quantitative estimate of drug-likeness (QED) is 0.802. The molecule has 1 atom stereocenters. The Bertz CT molecular complexity index is 280. The zero-order chi connectivity index (χ0) is 10.6. The van der Waals surface area contributed by atoms with Gasteiger partial charge in [-0.1, -0.05) is 12.1 Å². The minimum Gasteiger partial charge on any atom is -0.385 e. The van der Waals surface area contributed by atoms with Gasteiger partial charge in [0.05, 0.1) is 5.60 Å². The van der Waals surface area contributed by atoms with Crippen LogP contribution in [0.2, 0.25) is 0 Å². The van der Waals surface area contributed by atoms with Crippen LogP contribution in [-0.4, -0.2) is 18.8 Å². The van der Waals surface area contributed by atoms with Gasteiger partial charge in [0.25, 0.3) is 0 Å². The van der Waals surface area contributed by atoms with E-state index in [-0.39, 0.29) is 5.82 Å². The molecule has 0 heterocycles. The first-order valence-electron chi connectivity index (χ1n) is 4.53. The molecule has 0 radical (unpaired) electrons. The molecule has 0 saturated carbocycles. The van der Waals surface area contributed by atoms with Crippen molar-refractivity contribution in [2.45, 2.75) is 18.9 Å². The molecule has 0 amide bonds. The fourth-order valence-corrected chi connectivity index (χ4v) is 1.25. The van der Waals surface area contributed by atoms with Crippen LogP contribution in [0.1, 0.15) is 18.9 Å². The molecule has 0 aliphatic carbocycles. The van der Waals surface area contributed by atoms with Crippen LogP contribution in [0.25, 0.3) is 0 Å². The Hall–Kier alpha value is -0.930. The molecule has 1 N–H and O–H groups in total. The lowest BCUT2D eigenvalue weighted by Gasteiger charge is -2.23. The van der Waals surface area contributed by atoms with E-state index in [9.17, 15) is 9.50 Å². The molecule has 0 fully saturated rings. The van der Waals surface area contributed by atoms with E-state index in [4.69, 9.17) is 4.74 Å². The predicted octanol–water partition coefficient (Wildman–Crippen LogP) is 2.07. The highest BCUT2D eigenvalue weighted by Gasteiger charge is 2.22. The van der Waals surface area contributed by atoms with Crippen LogP contribution in [0.15, 0.2) is 24.3 Å². The average Bonchev–Trinajstić information content (AvgIpc) is 2.16. The minimum atomic E-state index is -0.955. The molecule has 1 unspecified atom stereocenters.